The molecular formula is C21H22N6O2. The molecule has 3 aromatic rings. The Bertz CT molecular complexity index is 1000. The second-order valence-electron chi connectivity index (χ2n) is 7.02. The van der Waals surface area contributed by atoms with E-state index >= 15 is 0 Å². The van der Waals surface area contributed by atoms with Crippen LogP contribution in [0.4, 0.5) is 4.79 Å². The second kappa shape index (κ2) is 8.22. The number of hydrogen-bond donors (Lipinski definition) is 1. The predicted molar refractivity (Wildman–Crippen MR) is 107 cm³/mol. The van der Waals surface area contributed by atoms with Gasteiger partial charge in [-0.05, 0) is 34.4 Å². The molecule has 0 radical (unpaired) electrons. The van der Waals surface area contributed by atoms with Gasteiger partial charge < -0.3 is 4.90 Å². The van der Waals surface area contributed by atoms with Gasteiger partial charge in [-0.3, -0.25) is 9.69 Å². The summed E-state index contributed by atoms with van der Waals surface area (Å²) in [6.07, 6.45) is 1.76. The smallest absolute Gasteiger partial charge is 0.311 e. The molecule has 4 rings (SSSR count). The van der Waals surface area contributed by atoms with Crippen LogP contribution in [0.2, 0.25) is 0 Å². The number of aromatic nitrogens is 4. The maximum atomic E-state index is 12.6. The van der Waals surface area contributed by atoms with Crippen molar-refractivity contribution in [2.45, 2.75) is 26.3 Å². The maximum Gasteiger partial charge on any atom is 0.327 e. The van der Waals surface area contributed by atoms with Gasteiger partial charge in [0.2, 0.25) is 11.7 Å². The molecule has 8 heteroatoms. The van der Waals surface area contributed by atoms with Crippen LogP contribution >= 0.6 is 0 Å². The SMILES string of the molecule is CCCCN1C(=O)CN(Cc2ccc(-c3ccccc3)c(-c3nn[nH]n3)c2)C1=O. The molecule has 1 aliphatic heterocycles. The fourth-order valence-electron chi connectivity index (χ4n) is 3.49. The van der Waals surface area contributed by atoms with Gasteiger partial charge in [-0.2, -0.15) is 5.21 Å². The van der Waals surface area contributed by atoms with Gasteiger partial charge in [0.05, 0.1) is 0 Å². The molecule has 1 aromatic heterocycles. The molecule has 1 aliphatic rings. The Balaban J connectivity index is 1.62. The van der Waals surface area contributed by atoms with E-state index in [1.54, 1.807) is 4.90 Å². The minimum absolute atomic E-state index is 0.112. The Morgan fingerprint density at radius 1 is 1.07 bits per heavy atom. The number of tetrazole rings is 1. The van der Waals surface area contributed by atoms with Crippen LogP contribution in [0.25, 0.3) is 22.5 Å². The topological polar surface area (TPSA) is 95.1 Å². The first kappa shape index (κ1) is 18.8. The van der Waals surface area contributed by atoms with E-state index < -0.39 is 0 Å². The highest BCUT2D eigenvalue weighted by molar-refractivity contribution is 6.02. The number of carbonyl (C=O) groups excluding carboxylic acids is 2. The summed E-state index contributed by atoms with van der Waals surface area (Å²) >= 11 is 0. The summed E-state index contributed by atoms with van der Waals surface area (Å²) in [5.74, 6) is 0.349. The Morgan fingerprint density at radius 3 is 2.62 bits per heavy atom. The minimum Gasteiger partial charge on any atom is -0.311 e. The van der Waals surface area contributed by atoms with Gasteiger partial charge >= 0.3 is 6.03 Å². The number of imide groups is 1. The van der Waals surface area contributed by atoms with Crippen molar-refractivity contribution in [3.8, 4) is 22.5 Å². The summed E-state index contributed by atoms with van der Waals surface area (Å²) in [6, 6.07) is 15.7. The Morgan fingerprint density at radius 2 is 1.90 bits per heavy atom. The van der Waals surface area contributed by atoms with E-state index in [-0.39, 0.29) is 18.5 Å². The molecule has 29 heavy (non-hydrogen) atoms. The van der Waals surface area contributed by atoms with Crippen molar-refractivity contribution in [3.63, 3.8) is 0 Å². The number of unbranched alkanes of at least 4 members (excludes halogenated alkanes) is 1. The summed E-state index contributed by atoms with van der Waals surface area (Å²) in [7, 11) is 0. The normalized spacial score (nSPS) is 14.1. The molecule has 1 fully saturated rings. The highest BCUT2D eigenvalue weighted by atomic mass is 16.2. The third-order valence-corrected chi connectivity index (χ3v) is 4.99. The number of rotatable bonds is 7. The zero-order valence-corrected chi connectivity index (χ0v) is 16.2. The molecule has 2 aromatic carbocycles. The summed E-state index contributed by atoms with van der Waals surface area (Å²) in [6.45, 7) is 2.98. The van der Waals surface area contributed by atoms with Crippen LogP contribution in [0.15, 0.2) is 48.5 Å². The standard InChI is InChI=1S/C21H22N6O2/c1-2-3-11-27-19(28)14-26(21(27)29)13-15-9-10-17(16-7-5-4-6-8-16)18(12-15)20-22-24-25-23-20/h4-10,12H,2-3,11,13-14H2,1H3,(H,22,23,24,25). The number of carbonyl (C=O) groups is 2. The molecule has 0 atom stereocenters. The molecule has 0 aliphatic carbocycles. The fraction of sp³-hybridized carbons (Fsp3) is 0.286. The van der Waals surface area contributed by atoms with Crippen molar-refractivity contribution in [2.24, 2.45) is 0 Å². The quantitative estimate of drug-likeness (QED) is 0.626. The summed E-state index contributed by atoms with van der Waals surface area (Å²) < 4.78 is 0. The number of nitrogens with zero attached hydrogens (tertiary/aromatic N) is 5. The molecule has 1 saturated heterocycles. The monoisotopic (exact) mass is 390 g/mol. The lowest BCUT2D eigenvalue weighted by atomic mass is 9.97. The van der Waals surface area contributed by atoms with E-state index in [9.17, 15) is 9.59 Å². The van der Waals surface area contributed by atoms with Crippen LogP contribution in [0, 0.1) is 0 Å². The van der Waals surface area contributed by atoms with Gasteiger partial charge in [-0.25, -0.2) is 4.79 Å². The average molecular weight is 390 g/mol. The van der Waals surface area contributed by atoms with E-state index in [0.717, 1.165) is 35.1 Å². The number of nitrogens with one attached hydrogen (secondary N) is 1. The fourth-order valence-corrected chi connectivity index (χ4v) is 3.49. The molecule has 3 amide bonds. The summed E-state index contributed by atoms with van der Waals surface area (Å²) in [4.78, 5) is 27.8. The molecule has 0 saturated carbocycles. The summed E-state index contributed by atoms with van der Waals surface area (Å²) in [5, 5.41) is 14.4. The number of aromatic amines is 1. The van der Waals surface area contributed by atoms with Crippen LogP contribution in [-0.2, 0) is 11.3 Å². The second-order valence-corrected chi connectivity index (χ2v) is 7.02. The average Bonchev–Trinajstić information content (AvgIpc) is 3.36. The third-order valence-electron chi connectivity index (χ3n) is 4.99. The van der Waals surface area contributed by atoms with Crippen LogP contribution in [-0.4, -0.2) is 55.5 Å². The lowest BCUT2D eigenvalue weighted by molar-refractivity contribution is -0.125. The van der Waals surface area contributed by atoms with Crippen LogP contribution in [0.1, 0.15) is 25.3 Å². The van der Waals surface area contributed by atoms with Crippen LogP contribution in [0.5, 0.6) is 0 Å². The van der Waals surface area contributed by atoms with Crippen molar-refractivity contribution in [3.05, 3.63) is 54.1 Å². The van der Waals surface area contributed by atoms with Crippen molar-refractivity contribution in [1.29, 1.82) is 0 Å². The number of hydrogen-bond acceptors (Lipinski definition) is 5. The van der Waals surface area contributed by atoms with E-state index in [0.29, 0.717) is 18.9 Å². The number of urea groups is 1. The van der Waals surface area contributed by atoms with Gasteiger partial charge in [0.1, 0.15) is 6.54 Å². The third kappa shape index (κ3) is 3.87. The molecular weight excluding hydrogens is 368 g/mol. The number of benzene rings is 2. The largest absolute Gasteiger partial charge is 0.327 e. The van der Waals surface area contributed by atoms with E-state index in [1.165, 1.54) is 4.90 Å². The maximum absolute atomic E-state index is 12.6. The van der Waals surface area contributed by atoms with E-state index in [1.807, 2.05) is 55.5 Å². The molecule has 0 bridgehead atoms. The highest BCUT2D eigenvalue weighted by Crippen LogP contribution is 2.31. The highest BCUT2D eigenvalue weighted by Gasteiger charge is 2.35. The van der Waals surface area contributed by atoms with Gasteiger partial charge in [0.15, 0.2) is 0 Å². The number of H-pyrrole nitrogens is 1. The first-order valence-electron chi connectivity index (χ1n) is 9.69. The van der Waals surface area contributed by atoms with Crippen molar-refractivity contribution < 1.29 is 9.59 Å². The predicted octanol–water partition coefficient (Wildman–Crippen LogP) is 3.10. The Kier molecular flexibility index (Phi) is 5.33. The Labute approximate surface area is 168 Å². The van der Waals surface area contributed by atoms with Crippen molar-refractivity contribution in [1.82, 2.24) is 30.4 Å². The minimum atomic E-state index is -0.225. The lowest BCUT2D eigenvalue weighted by Crippen LogP contribution is -2.33. The summed E-state index contributed by atoms with van der Waals surface area (Å²) in [5.41, 5.74) is 3.74. The van der Waals surface area contributed by atoms with Gasteiger partial charge in [-0.15, -0.1) is 10.2 Å². The van der Waals surface area contributed by atoms with Crippen LogP contribution in [0.3, 0.4) is 0 Å². The van der Waals surface area contributed by atoms with Crippen molar-refractivity contribution in [2.75, 3.05) is 13.1 Å². The molecule has 1 N–H and O–H groups in total. The lowest BCUT2D eigenvalue weighted by Gasteiger charge is -2.18. The van der Waals surface area contributed by atoms with Gasteiger partial charge in [-0.1, -0.05) is 55.8 Å². The van der Waals surface area contributed by atoms with E-state index in [4.69, 9.17) is 0 Å². The first-order valence-corrected chi connectivity index (χ1v) is 9.69. The first-order chi connectivity index (χ1) is 14.2. The number of amides is 3. The molecule has 8 nitrogen and oxygen atoms in total. The zero-order chi connectivity index (χ0) is 20.2. The molecule has 0 spiro atoms. The Hall–Kier alpha value is -3.55. The van der Waals surface area contributed by atoms with Gasteiger partial charge in [0.25, 0.3) is 0 Å². The van der Waals surface area contributed by atoms with E-state index in [2.05, 4.69) is 20.6 Å². The molecule has 0 unspecified atom stereocenters. The molecule has 148 valence electrons. The van der Waals surface area contributed by atoms with Crippen LogP contribution < -0.4 is 0 Å². The zero-order valence-electron chi connectivity index (χ0n) is 16.2. The van der Waals surface area contributed by atoms with Crippen molar-refractivity contribution >= 4 is 11.9 Å². The van der Waals surface area contributed by atoms with Gasteiger partial charge in [0, 0.05) is 18.7 Å². The molecule has 2 heterocycles.